The van der Waals surface area contributed by atoms with Crippen LogP contribution in [-0.2, 0) is 22.8 Å². The van der Waals surface area contributed by atoms with Crippen LogP contribution >= 0.6 is 11.6 Å². The summed E-state index contributed by atoms with van der Waals surface area (Å²) in [4.78, 5) is 23.1. The minimum absolute atomic E-state index is 0.0267. The third-order valence-electron chi connectivity index (χ3n) is 3.50. The molecule has 2 rings (SSSR count). The first kappa shape index (κ1) is 20.5. The summed E-state index contributed by atoms with van der Waals surface area (Å²) < 4.78 is 41.2. The zero-order valence-corrected chi connectivity index (χ0v) is 15.4. The van der Waals surface area contributed by atoms with E-state index < -0.39 is 29.2 Å². The average molecular weight is 401 g/mol. The first-order valence-corrected chi connectivity index (χ1v) is 8.04. The van der Waals surface area contributed by atoms with Crippen LogP contribution in [0.25, 0.3) is 6.08 Å². The topological polar surface area (TPSA) is 76.0 Å². The van der Waals surface area contributed by atoms with E-state index in [0.717, 1.165) is 18.2 Å². The zero-order chi connectivity index (χ0) is 20.4. The number of anilines is 2. The second kappa shape index (κ2) is 7.83. The van der Waals surface area contributed by atoms with Crippen molar-refractivity contribution in [2.24, 2.45) is 7.05 Å². The molecular weight excluding hydrogens is 385 g/mol. The molecule has 27 heavy (non-hydrogen) atoms. The van der Waals surface area contributed by atoms with Crippen molar-refractivity contribution in [3.63, 3.8) is 0 Å². The van der Waals surface area contributed by atoms with Crippen LogP contribution in [0.3, 0.4) is 0 Å². The van der Waals surface area contributed by atoms with Gasteiger partial charge in [0, 0.05) is 31.3 Å². The maximum absolute atomic E-state index is 13.3. The van der Waals surface area contributed by atoms with Gasteiger partial charge in [0.2, 0.25) is 11.8 Å². The Balaban J connectivity index is 2.26. The fraction of sp³-hybridized carbons (Fsp3) is 0.235. The Hall–Kier alpha value is -2.81. The lowest BCUT2D eigenvalue weighted by Gasteiger charge is -2.15. The van der Waals surface area contributed by atoms with Gasteiger partial charge in [-0.2, -0.15) is 18.3 Å². The number of aryl methyl sites for hydroxylation is 2. The van der Waals surface area contributed by atoms with Gasteiger partial charge in [-0.3, -0.25) is 14.3 Å². The van der Waals surface area contributed by atoms with Gasteiger partial charge in [-0.05, 0) is 31.2 Å². The van der Waals surface area contributed by atoms with Crippen molar-refractivity contribution in [2.45, 2.75) is 20.0 Å². The van der Waals surface area contributed by atoms with Crippen molar-refractivity contribution in [3.05, 3.63) is 46.2 Å². The third-order valence-corrected chi connectivity index (χ3v) is 3.95. The number of halogens is 4. The number of hydrogen-bond acceptors (Lipinski definition) is 3. The lowest BCUT2D eigenvalue weighted by atomic mass is 10.1. The number of aromatic nitrogens is 2. The second-order valence-corrected chi connectivity index (χ2v) is 6.03. The zero-order valence-electron chi connectivity index (χ0n) is 14.6. The predicted octanol–water partition coefficient (Wildman–Crippen LogP) is 4.01. The smallest absolute Gasteiger partial charge is 0.326 e. The molecule has 0 aliphatic heterocycles. The number of benzene rings is 1. The molecule has 0 bridgehead atoms. The monoisotopic (exact) mass is 400 g/mol. The van der Waals surface area contributed by atoms with Crippen molar-refractivity contribution in [2.75, 3.05) is 10.6 Å². The molecule has 2 amide bonds. The number of amides is 2. The minimum Gasteiger partial charge on any atom is -0.326 e. The highest BCUT2D eigenvalue weighted by Crippen LogP contribution is 2.36. The number of alkyl halides is 3. The highest BCUT2D eigenvalue weighted by molar-refractivity contribution is 6.31. The van der Waals surface area contributed by atoms with Gasteiger partial charge in [0.1, 0.15) is 5.15 Å². The quantitative estimate of drug-likeness (QED) is 0.761. The molecule has 0 aliphatic rings. The number of nitrogens with zero attached hydrogens (tertiary/aromatic N) is 2. The van der Waals surface area contributed by atoms with E-state index in [4.69, 9.17) is 11.6 Å². The summed E-state index contributed by atoms with van der Waals surface area (Å²) in [5.41, 5.74) is -0.471. The van der Waals surface area contributed by atoms with E-state index in [-0.39, 0.29) is 5.69 Å². The standard InChI is InChI=1S/C17H16ClF3N4O2/c1-9-12(16(18)25(3)24-9)5-7-15(27)23-14-6-4-11(22-10(2)26)8-13(14)17(19,20)21/h4-8H,1-3H3,(H,22,26)(H,23,27)/b7-5+. The van der Waals surface area contributed by atoms with Crippen LogP contribution in [0.1, 0.15) is 23.7 Å². The van der Waals surface area contributed by atoms with E-state index in [1.807, 2.05) is 0 Å². The summed E-state index contributed by atoms with van der Waals surface area (Å²) in [6.07, 6.45) is -2.28. The third kappa shape index (κ3) is 5.10. The molecule has 6 nitrogen and oxygen atoms in total. The summed E-state index contributed by atoms with van der Waals surface area (Å²) in [6, 6.07) is 3.09. The molecule has 2 aromatic rings. The summed E-state index contributed by atoms with van der Waals surface area (Å²) >= 11 is 6.04. The molecule has 10 heteroatoms. The van der Waals surface area contributed by atoms with Crippen LogP contribution in [0.15, 0.2) is 24.3 Å². The van der Waals surface area contributed by atoms with Crippen LogP contribution in [0.2, 0.25) is 5.15 Å². The average Bonchev–Trinajstić information content (AvgIpc) is 2.78. The number of nitrogens with one attached hydrogen (secondary N) is 2. The fourth-order valence-corrected chi connectivity index (χ4v) is 2.58. The molecule has 0 saturated heterocycles. The van der Waals surface area contributed by atoms with Crippen molar-refractivity contribution >= 4 is 40.9 Å². The fourth-order valence-electron chi connectivity index (χ4n) is 2.34. The number of carbonyl (C=O) groups excluding carboxylic acids is 2. The molecule has 0 saturated carbocycles. The number of hydrogen-bond donors (Lipinski definition) is 2. The summed E-state index contributed by atoms with van der Waals surface area (Å²) in [5.74, 6) is -1.28. The Morgan fingerprint density at radius 1 is 1.26 bits per heavy atom. The van der Waals surface area contributed by atoms with Crippen molar-refractivity contribution < 1.29 is 22.8 Å². The van der Waals surface area contributed by atoms with Gasteiger partial charge < -0.3 is 10.6 Å². The minimum atomic E-state index is -4.72. The molecule has 0 fully saturated rings. The molecule has 2 N–H and O–H groups in total. The lowest BCUT2D eigenvalue weighted by Crippen LogP contribution is -2.16. The van der Waals surface area contributed by atoms with Crippen LogP contribution in [0, 0.1) is 6.92 Å². The molecule has 1 aromatic heterocycles. The van der Waals surface area contributed by atoms with Gasteiger partial charge in [-0.1, -0.05) is 11.6 Å². The Morgan fingerprint density at radius 2 is 1.93 bits per heavy atom. The van der Waals surface area contributed by atoms with Crippen LogP contribution < -0.4 is 10.6 Å². The SMILES string of the molecule is CC(=O)Nc1ccc(NC(=O)/C=C/c2c(C)nn(C)c2Cl)c(C(F)(F)F)c1. The molecule has 0 unspecified atom stereocenters. The van der Waals surface area contributed by atoms with E-state index in [1.54, 1.807) is 14.0 Å². The van der Waals surface area contributed by atoms with Crippen molar-refractivity contribution in [3.8, 4) is 0 Å². The maximum atomic E-state index is 13.3. The molecule has 1 heterocycles. The van der Waals surface area contributed by atoms with Crippen LogP contribution in [-0.4, -0.2) is 21.6 Å². The van der Waals surface area contributed by atoms with Gasteiger partial charge in [0.15, 0.2) is 0 Å². The van der Waals surface area contributed by atoms with Crippen molar-refractivity contribution in [1.29, 1.82) is 0 Å². The van der Waals surface area contributed by atoms with E-state index >= 15 is 0 Å². The van der Waals surface area contributed by atoms with Crippen LogP contribution in [0.5, 0.6) is 0 Å². The molecular formula is C17H16ClF3N4O2. The van der Waals surface area contributed by atoms with Crippen LogP contribution in [0.4, 0.5) is 24.5 Å². The lowest BCUT2D eigenvalue weighted by molar-refractivity contribution is -0.137. The van der Waals surface area contributed by atoms with Gasteiger partial charge in [0.25, 0.3) is 0 Å². The highest BCUT2D eigenvalue weighted by Gasteiger charge is 2.34. The Morgan fingerprint density at radius 3 is 2.44 bits per heavy atom. The number of rotatable bonds is 4. The molecule has 0 aliphatic carbocycles. The summed E-state index contributed by atoms with van der Waals surface area (Å²) in [7, 11) is 1.62. The van der Waals surface area contributed by atoms with E-state index in [9.17, 15) is 22.8 Å². The molecule has 0 spiro atoms. The highest BCUT2D eigenvalue weighted by atomic mass is 35.5. The van der Waals surface area contributed by atoms with Gasteiger partial charge in [-0.25, -0.2) is 0 Å². The maximum Gasteiger partial charge on any atom is 0.418 e. The Bertz CT molecular complexity index is 920. The predicted molar refractivity (Wildman–Crippen MR) is 96.4 cm³/mol. The van der Waals surface area contributed by atoms with E-state index in [2.05, 4.69) is 15.7 Å². The molecule has 1 aromatic carbocycles. The molecule has 0 atom stereocenters. The van der Waals surface area contributed by atoms with E-state index in [0.29, 0.717) is 16.4 Å². The Kier molecular flexibility index (Phi) is 5.94. The summed E-state index contributed by atoms with van der Waals surface area (Å²) in [5, 5.41) is 8.82. The van der Waals surface area contributed by atoms with Gasteiger partial charge >= 0.3 is 6.18 Å². The Labute approximate surface area is 158 Å². The van der Waals surface area contributed by atoms with Crippen molar-refractivity contribution in [1.82, 2.24) is 9.78 Å². The first-order chi connectivity index (χ1) is 12.5. The second-order valence-electron chi connectivity index (χ2n) is 5.68. The molecule has 0 radical (unpaired) electrons. The van der Waals surface area contributed by atoms with Gasteiger partial charge in [0.05, 0.1) is 16.9 Å². The normalized spacial score (nSPS) is 11.7. The van der Waals surface area contributed by atoms with Gasteiger partial charge in [-0.15, -0.1) is 0 Å². The number of carbonyl (C=O) groups is 2. The first-order valence-electron chi connectivity index (χ1n) is 7.66. The largest absolute Gasteiger partial charge is 0.418 e. The van der Waals surface area contributed by atoms with E-state index in [1.165, 1.54) is 23.7 Å². The molecule has 144 valence electrons. The summed E-state index contributed by atoms with van der Waals surface area (Å²) in [6.45, 7) is 2.87.